The van der Waals surface area contributed by atoms with E-state index in [1.54, 1.807) is 0 Å². The zero-order valence-corrected chi connectivity index (χ0v) is 10.4. The molecule has 0 aliphatic carbocycles. The maximum absolute atomic E-state index is 12.4. The molecule has 108 valence electrons. The van der Waals surface area contributed by atoms with Gasteiger partial charge in [-0.25, -0.2) is 0 Å². The summed E-state index contributed by atoms with van der Waals surface area (Å²) in [5, 5.41) is 16.7. The first-order valence-electron chi connectivity index (χ1n) is 6.16. The second kappa shape index (κ2) is 5.89. The summed E-state index contributed by atoms with van der Waals surface area (Å²) in [7, 11) is 0. The monoisotopic (exact) mass is 278 g/mol. The van der Waals surface area contributed by atoms with Gasteiger partial charge in [0.2, 0.25) is 0 Å². The molecule has 1 fully saturated rings. The van der Waals surface area contributed by atoms with Crippen LogP contribution in [0.3, 0.4) is 0 Å². The lowest BCUT2D eigenvalue weighted by atomic mass is 10.3. The zero-order chi connectivity index (χ0) is 13.9. The highest BCUT2D eigenvalue weighted by molar-refractivity contribution is 5.08. The Kier molecular flexibility index (Phi) is 4.43. The van der Waals surface area contributed by atoms with Gasteiger partial charge in [0.15, 0.2) is 0 Å². The molecule has 2 heterocycles. The van der Waals surface area contributed by atoms with Crippen LogP contribution in [0.5, 0.6) is 0 Å². The third kappa shape index (κ3) is 4.19. The van der Waals surface area contributed by atoms with Crippen molar-refractivity contribution in [1.29, 1.82) is 0 Å². The molecule has 2 rings (SSSR count). The van der Waals surface area contributed by atoms with Crippen LogP contribution in [0.15, 0.2) is 12.4 Å². The average molecular weight is 278 g/mol. The number of halogens is 3. The van der Waals surface area contributed by atoms with E-state index in [9.17, 15) is 18.3 Å². The van der Waals surface area contributed by atoms with Crippen molar-refractivity contribution in [3.63, 3.8) is 0 Å². The summed E-state index contributed by atoms with van der Waals surface area (Å²) in [6.07, 6.45) is -3.42. The number of piperazine rings is 1. The molecule has 0 saturated carbocycles. The molecule has 1 saturated heterocycles. The maximum atomic E-state index is 12.4. The van der Waals surface area contributed by atoms with Crippen LogP contribution in [0.25, 0.3) is 0 Å². The molecule has 1 unspecified atom stereocenters. The maximum Gasteiger partial charge on any atom is 0.419 e. The third-order valence-electron chi connectivity index (χ3n) is 3.04. The minimum Gasteiger partial charge on any atom is -0.390 e. The van der Waals surface area contributed by atoms with Crippen molar-refractivity contribution >= 4 is 0 Å². The van der Waals surface area contributed by atoms with Crippen LogP contribution in [0.2, 0.25) is 0 Å². The molecule has 1 atom stereocenters. The third-order valence-corrected chi connectivity index (χ3v) is 3.04. The van der Waals surface area contributed by atoms with Crippen molar-refractivity contribution in [3.05, 3.63) is 18.0 Å². The highest BCUT2D eigenvalue weighted by atomic mass is 19.4. The number of nitrogens with zero attached hydrogens (tertiary/aromatic N) is 3. The van der Waals surface area contributed by atoms with Crippen LogP contribution in [-0.2, 0) is 12.7 Å². The Labute approximate surface area is 109 Å². The van der Waals surface area contributed by atoms with Crippen molar-refractivity contribution in [3.8, 4) is 0 Å². The molecule has 0 amide bonds. The molecule has 0 bridgehead atoms. The van der Waals surface area contributed by atoms with Crippen molar-refractivity contribution in [2.75, 3.05) is 32.7 Å². The number of rotatable bonds is 4. The molecule has 0 spiro atoms. The molecular weight excluding hydrogens is 261 g/mol. The number of aliphatic hydroxyl groups is 1. The smallest absolute Gasteiger partial charge is 0.390 e. The lowest BCUT2D eigenvalue weighted by Crippen LogP contribution is -2.46. The lowest BCUT2D eigenvalue weighted by molar-refractivity contribution is -0.137. The highest BCUT2D eigenvalue weighted by Crippen LogP contribution is 2.28. The first-order valence-corrected chi connectivity index (χ1v) is 6.16. The predicted octanol–water partition coefficient (Wildman–Crippen LogP) is 0.168. The Hall–Kier alpha value is -1.12. The molecule has 1 aromatic heterocycles. The summed E-state index contributed by atoms with van der Waals surface area (Å²) in [5.74, 6) is 0. The van der Waals surface area contributed by atoms with Gasteiger partial charge < -0.3 is 10.4 Å². The Morgan fingerprint density at radius 1 is 1.32 bits per heavy atom. The topological polar surface area (TPSA) is 53.3 Å². The molecule has 0 radical (unpaired) electrons. The fourth-order valence-corrected chi connectivity index (χ4v) is 2.08. The fourth-order valence-electron chi connectivity index (χ4n) is 2.08. The second-order valence-corrected chi connectivity index (χ2v) is 4.65. The summed E-state index contributed by atoms with van der Waals surface area (Å²) < 4.78 is 38.3. The van der Waals surface area contributed by atoms with Crippen molar-refractivity contribution in [2.45, 2.75) is 18.8 Å². The van der Waals surface area contributed by atoms with Crippen LogP contribution in [-0.4, -0.2) is 58.6 Å². The van der Waals surface area contributed by atoms with Gasteiger partial charge in [0.05, 0.1) is 24.4 Å². The van der Waals surface area contributed by atoms with Crippen LogP contribution in [0.1, 0.15) is 5.56 Å². The quantitative estimate of drug-likeness (QED) is 0.824. The SMILES string of the molecule is OC(CN1CCNCC1)Cn1cc(C(F)(F)F)cn1. The number of nitrogens with one attached hydrogen (secondary N) is 1. The second-order valence-electron chi connectivity index (χ2n) is 4.65. The number of aromatic nitrogens is 2. The van der Waals surface area contributed by atoms with E-state index in [1.165, 1.54) is 0 Å². The normalized spacial score (nSPS) is 19.6. The molecule has 2 N–H and O–H groups in total. The predicted molar refractivity (Wildman–Crippen MR) is 62.5 cm³/mol. The van der Waals surface area contributed by atoms with E-state index in [4.69, 9.17) is 0 Å². The highest BCUT2D eigenvalue weighted by Gasteiger charge is 2.32. The Bertz CT molecular complexity index is 401. The fraction of sp³-hybridized carbons (Fsp3) is 0.727. The number of hydrogen-bond acceptors (Lipinski definition) is 4. The Morgan fingerprint density at radius 2 is 2.00 bits per heavy atom. The first-order chi connectivity index (χ1) is 8.95. The summed E-state index contributed by atoms with van der Waals surface area (Å²) in [6, 6.07) is 0. The number of alkyl halides is 3. The van der Waals surface area contributed by atoms with Gasteiger partial charge in [0, 0.05) is 38.9 Å². The molecule has 8 heteroatoms. The molecule has 1 aliphatic heterocycles. The van der Waals surface area contributed by atoms with E-state index in [-0.39, 0.29) is 6.54 Å². The first kappa shape index (κ1) is 14.3. The van der Waals surface area contributed by atoms with Gasteiger partial charge in [-0.3, -0.25) is 9.58 Å². The van der Waals surface area contributed by atoms with E-state index in [0.29, 0.717) is 6.54 Å². The van der Waals surface area contributed by atoms with Gasteiger partial charge in [0.1, 0.15) is 0 Å². The number of β-amino-alcohol motifs (C(OH)–C–C–N with tert-alkyl or cyclic N) is 1. The molecule has 5 nitrogen and oxygen atoms in total. The van der Waals surface area contributed by atoms with Crippen LogP contribution < -0.4 is 5.32 Å². The summed E-state index contributed by atoms with van der Waals surface area (Å²) in [5.41, 5.74) is -0.790. The average Bonchev–Trinajstić information content (AvgIpc) is 2.78. The molecule has 1 aromatic rings. The largest absolute Gasteiger partial charge is 0.419 e. The van der Waals surface area contributed by atoms with Gasteiger partial charge in [0.25, 0.3) is 0 Å². The van der Waals surface area contributed by atoms with Gasteiger partial charge >= 0.3 is 6.18 Å². The Morgan fingerprint density at radius 3 is 2.58 bits per heavy atom. The standard InChI is InChI=1S/C11H17F3N4O/c12-11(13,14)9-5-16-18(6-9)8-10(19)7-17-3-1-15-2-4-17/h5-6,10,15,19H,1-4,7-8H2. The van der Waals surface area contributed by atoms with Gasteiger partial charge in [-0.1, -0.05) is 0 Å². The number of hydrogen-bond donors (Lipinski definition) is 2. The van der Waals surface area contributed by atoms with Crippen molar-refractivity contribution in [2.24, 2.45) is 0 Å². The van der Waals surface area contributed by atoms with Crippen LogP contribution >= 0.6 is 0 Å². The summed E-state index contributed by atoms with van der Waals surface area (Å²) in [6.45, 7) is 3.93. The van der Waals surface area contributed by atoms with Gasteiger partial charge in [-0.05, 0) is 0 Å². The van der Waals surface area contributed by atoms with Crippen LogP contribution in [0, 0.1) is 0 Å². The minimum atomic E-state index is -4.39. The summed E-state index contributed by atoms with van der Waals surface area (Å²) in [4.78, 5) is 2.08. The van der Waals surface area contributed by atoms with E-state index < -0.39 is 17.8 Å². The van der Waals surface area contributed by atoms with Crippen molar-refractivity contribution < 1.29 is 18.3 Å². The minimum absolute atomic E-state index is 0.0695. The van der Waals surface area contributed by atoms with E-state index >= 15 is 0 Å². The molecule has 1 aliphatic rings. The number of aliphatic hydroxyl groups excluding tert-OH is 1. The molecular formula is C11H17F3N4O. The van der Waals surface area contributed by atoms with Crippen LogP contribution in [0.4, 0.5) is 13.2 Å². The van der Waals surface area contributed by atoms with E-state index in [1.807, 2.05) is 0 Å². The van der Waals surface area contributed by atoms with E-state index in [2.05, 4.69) is 15.3 Å². The molecule has 19 heavy (non-hydrogen) atoms. The van der Waals surface area contributed by atoms with Gasteiger partial charge in [-0.2, -0.15) is 18.3 Å². The Balaban J connectivity index is 1.84. The van der Waals surface area contributed by atoms with E-state index in [0.717, 1.165) is 43.3 Å². The molecule has 0 aromatic carbocycles. The zero-order valence-electron chi connectivity index (χ0n) is 10.4. The summed E-state index contributed by atoms with van der Waals surface area (Å²) >= 11 is 0. The lowest BCUT2D eigenvalue weighted by Gasteiger charge is -2.29. The van der Waals surface area contributed by atoms with Gasteiger partial charge in [-0.15, -0.1) is 0 Å². The van der Waals surface area contributed by atoms with Crippen molar-refractivity contribution in [1.82, 2.24) is 20.0 Å².